The van der Waals surface area contributed by atoms with E-state index in [0.717, 1.165) is 0 Å². The lowest BCUT2D eigenvalue weighted by Crippen LogP contribution is -2.40. The van der Waals surface area contributed by atoms with Crippen LogP contribution in [0, 0.1) is 0 Å². The van der Waals surface area contributed by atoms with E-state index >= 15 is 0 Å². The van der Waals surface area contributed by atoms with Crippen LogP contribution >= 0.6 is 0 Å². The number of para-hydroxylation sites is 2. The zero-order valence-electron chi connectivity index (χ0n) is 15.8. The number of benzene rings is 2. The number of carbonyl (C=O) groups is 1. The Kier molecular flexibility index (Phi) is 5.76. The van der Waals surface area contributed by atoms with Crippen LogP contribution in [0.15, 0.2) is 47.4 Å². The van der Waals surface area contributed by atoms with Crippen molar-refractivity contribution in [2.24, 2.45) is 0 Å². The summed E-state index contributed by atoms with van der Waals surface area (Å²) in [5, 5.41) is 2.67. The highest BCUT2D eigenvalue weighted by molar-refractivity contribution is 7.89. The number of sulfonamides is 1. The van der Waals surface area contributed by atoms with Crippen molar-refractivity contribution in [3.8, 4) is 17.2 Å². The van der Waals surface area contributed by atoms with Gasteiger partial charge < -0.3 is 19.5 Å². The van der Waals surface area contributed by atoms with Crippen molar-refractivity contribution >= 4 is 21.6 Å². The number of anilines is 1. The maximum absolute atomic E-state index is 12.6. The third-order valence-corrected chi connectivity index (χ3v) is 5.59. The van der Waals surface area contributed by atoms with Crippen LogP contribution in [0.4, 0.5) is 5.69 Å². The molecule has 3 rings (SSSR count). The second-order valence-electron chi connectivity index (χ2n) is 6.49. The standard InChI is InChI=1S/C19H22N2O6S/c1-12(2)21-28(23,24)13-8-9-15(25-3)14(10-13)20-19(22)18-11-26-16-6-4-5-7-17(16)27-18/h4-10,12,18,21H,11H2,1-3H3,(H,20,22). The van der Waals surface area contributed by atoms with Gasteiger partial charge in [-0.05, 0) is 44.2 Å². The van der Waals surface area contributed by atoms with Crippen molar-refractivity contribution in [2.45, 2.75) is 30.9 Å². The Morgan fingerprint density at radius 2 is 1.89 bits per heavy atom. The molecule has 1 aliphatic rings. The largest absolute Gasteiger partial charge is 0.495 e. The van der Waals surface area contributed by atoms with Crippen LogP contribution < -0.4 is 24.2 Å². The lowest BCUT2D eigenvalue weighted by molar-refractivity contribution is -0.125. The Labute approximate surface area is 163 Å². The maximum Gasteiger partial charge on any atom is 0.269 e. The SMILES string of the molecule is COc1ccc(S(=O)(=O)NC(C)C)cc1NC(=O)C1COc2ccccc2O1. The van der Waals surface area contributed by atoms with E-state index in [2.05, 4.69) is 10.0 Å². The van der Waals surface area contributed by atoms with Gasteiger partial charge in [-0.3, -0.25) is 4.79 Å². The first-order valence-electron chi connectivity index (χ1n) is 8.70. The van der Waals surface area contributed by atoms with E-state index in [1.165, 1.54) is 25.3 Å². The Morgan fingerprint density at radius 3 is 2.57 bits per heavy atom. The number of fused-ring (bicyclic) bond motifs is 1. The Bertz CT molecular complexity index is 974. The minimum Gasteiger partial charge on any atom is -0.495 e. The molecule has 1 atom stereocenters. The molecular weight excluding hydrogens is 384 g/mol. The molecule has 150 valence electrons. The molecular formula is C19H22N2O6S. The smallest absolute Gasteiger partial charge is 0.269 e. The number of hydrogen-bond donors (Lipinski definition) is 2. The summed E-state index contributed by atoms with van der Waals surface area (Å²) in [7, 11) is -2.29. The highest BCUT2D eigenvalue weighted by atomic mass is 32.2. The summed E-state index contributed by atoms with van der Waals surface area (Å²) < 4.78 is 43.8. The first kappa shape index (κ1) is 20.0. The van der Waals surface area contributed by atoms with Crippen molar-refractivity contribution in [3.63, 3.8) is 0 Å². The van der Waals surface area contributed by atoms with Gasteiger partial charge in [0.05, 0.1) is 17.7 Å². The van der Waals surface area contributed by atoms with Gasteiger partial charge in [0.15, 0.2) is 11.5 Å². The van der Waals surface area contributed by atoms with Crippen LogP contribution in [0.1, 0.15) is 13.8 Å². The third kappa shape index (κ3) is 4.37. The van der Waals surface area contributed by atoms with Crippen LogP contribution in [-0.2, 0) is 14.8 Å². The minimum atomic E-state index is -3.72. The van der Waals surface area contributed by atoms with Gasteiger partial charge in [0.25, 0.3) is 5.91 Å². The average Bonchev–Trinajstić information content (AvgIpc) is 2.66. The molecule has 2 aromatic rings. The predicted octanol–water partition coefficient (Wildman–Crippen LogP) is 2.16. The summed E-state index contributed by atoms with van der Waals surface area (Å²) in [4.78, 5) is 12.7. The van der Waals surface area contributed by atoms with Crippen molar-refractivity contribution in [3.05, 3.63) is 42.5 Å². The second-order valence-corrected chi connectivity index (χ2v) is 8.21. The number of carbonyl (C=O) groups excluding carboxylic acids is 1. The molecule has 1 heterocycles. The Morgan fingerprint density at radius 1 is 1.18 bits per heavy atom. The van der Waals surface area contributed by atoms with E-state index in [1.807, 2.05) is 6.07 Å². The molecule has 0 saturated carbocycles. The number of nitrogens with one attached hydrogen (secondary N) is 2. The van der Waals surface area contributed by atoms with Gasteiger partial charge in [-0.2, -0.15) is 0 Å². The summed E-state index contributed by atoms with van der Waals surface area (Å²) >= 11 is 0. The van der Waals surface area contributed by atoms with Gasteiger partial charge >= 0.3 is 0 Å². The summed E-state index contributed by atoms with van der Waals surface area (Å²) in [6.07, 6.45) is -0.881. The molecule has 0 aromatic heterocycles. The van der Waals surface area contributed by atoms with E-state index in [0.29, 0.717) is 17.2 Å². The molecule has 0 saturated heterocycles. The van der Waals surface area contributed by atoms with Crippen LogP contribution in [-0.4, -0.2) is 40.2 Å². The Hall–Kier alpha value is -2.78. The van der Waals surface area contributed by atoms with E-state index < -0.39 is 22.0 Å². The fraction of sp³-hybridized carbons (Fsp3) is 0.316. The lowest BCUT2D eigenvalue weighted by atomic mass is 10.2. The molecule has 9 heteroatoms. The van der Waals surface area contributed by atoms with Gasteiger partial charge in [-0.1, -0.05) is 12.1 Å². The van der Waals surface area contributed by atoms with Crippen molar-refractivity contribution in [1.82, 2.24) is 4.72 Å². The molecule has 0 fully saturated rings. The fourth-order valence-electron chi connectivity index (χ4n) is 2.69. The first-order chi connectivity index (χ1) is 13.3. The Balaban J connectivity index is 1.81. The van der Waals surface area contributed by atoms with Crippen LogP contribution in [0.2, 0.25) is 0 Å². The molecule has 1 unspecified atom stereocenters. The number of rotatable bonds is 6. The van der Waals surface area contributed by atoms with Crippen molar-refractivity contribution in [1.29, 1.82) is 0 Å². The first-order valence-corrected chi connectivity index (χ1v) is 10.2. The van der Waals surface area contributed by atoms with Crippen LogP contribution in [0.5, 0.6) is 17.2 Å². The number of ether oxygens (including phenoxy) is 3. The maximum atomic E-state index is 12.6. The molecule has 0 spiro atoms. The number of hydrogen-bond acceptors (Lipinski definition) is 6. The lowest BCUT2D eigenvalue weighted by Gasteiger charge is -2.25. The second kappa shape index (κ2) is 8.07. The molecule has 0 bridgehead atoms. The van der Waals surface area contributed by atoms with E-state index in [4.69, 9.17) is 14.2 Å². The molecule has 0 radical (unpaired) electrons. The zero-order valence-corrected chi connectivity index (χ0v) is 16.6. The quantitative estimate of drug-likeness (QED) is 0.762. The molecule has 28 heavy (non-hydrogen) atoms. The summed E-state index contributed by atoms with van der Waals surface area (Å²) in [5.41, 5.74) is 0.224. The highest BCUT2D eigenvalue weighted by Gasteiger charge is 2.28. The molecule has 2 aromatic carbocycles. The highest BCUT2D eigenvalue weighted by Crippen LogP contribution is 2.32. The van der Waals surface area contributed by atoms with Gasteiger partial charge in [-0.25, -0.2) is 13.1 Å². The summed E-state index contributed by atoms with van der Waals surface area (Å²) in [6.45, 7) is 3.49. The van der Waals surface area contributed by atoms with Crippen LogP contribution in [0.3, 0.4) is 0 Å². The predicted molar refractivity (Wildman–Crippen MR) is 103 cm³/mol. The molecule has 2 N–H and O–H groups in total. The topological polar surface area (TPSA) is 103 Å². The van der Waals surface area contributed by atoms with Gasteiger partial charge in [0.2, 0.25) is 16.1 Å². The van der Waals surface area contributed by atoms with Crippen molar-refractivity contribution < 1.29 is 27.4 Å². The van der Waals surface area contributed by atoms with Gasteiger partial charge in [0, 0.05) is 6.04 Å². The fourth-order valence-corrected chi connectivity index (χ4v) is 3.97. The van der Waals surface area contributed by atoms with Gasteiger partial charge in [-0.15, -0.1) is 0 Å². The number of methoxy groups -OCH3 is 1. The van der Waals surface area contributed by atoms with Gasteiger partial charge in [0.1, 0.15) is 12.4 Å². The summed E-state index contributed by atoms with van der Waals surface area (Å²) in [6, 6.07) is 11.0. The normalized spacial score (nSPS) is 15.9. The summed E-state index contributed by atoms with van der Waals surface area (Å²) in [5.74, 6) is 0.892. The molecule has 1 amide bonds. The minimum absolute atomic E-state index is 0.0171. The molecule has 8 nitrogen and oxygen atoms in total. The molecule has 1 aliphatic heterocycles. The van der Waals surface area contributed by atoms with E-state index in [-0.39, 0.29) is 23.2 Å². The zero-order chi connectivity index (χ0) is 20.3. The molecule has 0 aliphatic carbocycles. The van der Waals surface area contributed by atoms with Crippen molar-refractivity contribution in [2.75, 3.05) is 19.0 Å². The van der Waals surface area contributed by atoms with E-state index in [9.17, 15) is 13.2 Å². The average molecular weight is 406 g/mol. The third-order valence-electron chi connectivity index (χ3n) is 3.93. The number of amides is 1. The van der Waals surface area contributed by atoms with Crippen LogP contribution in [0.25, 0.3) is 0 Å². The monoisotopic (exact) mass is 406 g/mol. The van der Waals surface area contributed by atoms with E-state index in [1.54, 1.807) is 32.0 Å².